The Labute approximate surface area is 154 Å². The molecule has 7 heteroatoms. The van der Waals surface area contributed by atoms with Crippen LogP contribution >= 0.6 is 11.6 Å². The largest absolute Gasteiger partial charge is 0.444 e. The molecule has 138 valence electrons. The van der Waals surface area contributed by atoms with Crippen molar-refractivity contribution in [2.75, 3.05) is 18.4 Å². The second-order valence-electron chi connectivity index (χ2n) is 7.91. The fourth-order valence-corrected chi connectivity index (χ4v) is 3.75. The first-order chi connectivity index (χ1) is 11.8. The number of likely N-dealkylation sites (tertiary alicyclic amines) is 1. The van der Waals surface area contributed by atoms with Crippen molar-refractivity contribution in [2.45, 2.75) is 70.9 Å². The summed E-state index contributed by atoms with van der Waals surface area (Å²) in [5.41, 5.74) is 1.85. The zero-order valence-electron chi connectivity index (χ0n) is 15.3. The normalized spacial score (nSPS) is 20.8. The predicted molar refractivity (Wildman–Crippen MR) is 98.1 cm³/mol. The van der Waals surface area contributed by atoms with Gasteiger partial charge < -0.3 is 15.0 Å². The quantitative estimate of drug-likeness (QED) is 0.861. The number of carbonyl (C=O) groups is 1. The first-order valence-electron chi connectivity index (χ1n) is 9.12. The molecule has 0 radical (unpaired) electrons. The summed E-state index contributed by atoms with van der Waals surface area (Å²) in [4.78, 5) is 14.1. The minimum atomic E-state index is -0.474. The van der Waals surface area contributed by atoms with Gasteiger partial charge in [0.25, 0.3) is 0 Å². The topological polar surface area (TPSA) is 67.3 Å². The van der Waals surface area contributed by atoms with Gasteiger partial charge in [-0.1, -0.05) is 11.6 Å². The fraction of sp³-hybridized carbons (Fsp3) is 0.722. The molecule has 1 aliphatic heterocycles. The number of amides is 1. The van der Waals surface area contributed by atoms with Crippen molar-refractivity contribution < 1.29 is 9.53 Å². The highest BCUT2D eigenvalue weighted by Gasteiger charge is 2.29. The van der Waals surface area contributed by atoms with E-state index < -0.39 is 5.60 Å². The van der Waals surface area contributed by atoms with Gasteiger partial charge in [0, 0.05) is 24.7 Å². The van der Waals surface area contributed by atoms with E-state index in [4.69, 9.17) is 16.3 Å². The Morgan fingerprint density at radius 3 is 2.64 bits per heavy atom. The maximum Gasteiger partial charge on any atom is 0.410 e. The van der Waals surface area contributed by atoms with Crippen molar-refractivity contribution in [3.8, 4) is 0 Å². The third-order valence-corrected chi connectivity index (χ3v) is 4.96. The minimum Gasteiger partial charge on any atom is -0.444 e. The molecule has 0 spiro atoms. The number of aromatic nitrogens is 2. The van der Waals surface area contributed by atoms with E-state index in [2.05, 4.69) is 15.5 Å². The summed E-state index contributed by atoms with van der Waals surface area (Å²) < 4.78 is 5.50. The van der Waals surface area contributed by atoms with Crippen LogP contribution in [-0.2, 0) is 17.6 Å². The molecule has 1 N–H and O–H groups in total. The van der Waals surface area contributed by atoms with Crippen LogP contribution in [0.5, 0.6) is 0 Å². The molecule has 1 unspecified atom stereocenters. The van der Waals surface area contributed by atoms with Crippen molar-refractivity contribution in [1.29, 1.82) is 0 Å². The molecule has 1 aromatic heterocycles. The summed E-state index contributed by atoms with van der Waals surface area (Å²) in [6, 6.07) is 0.155. The molecular weight excluding hydrogens is 340 g/mol. The summed E-state index contributed by atoms with van der Waals surface area (Å²) >= 11 is 6.21. The Kier molecular flexibility index (Phi) is 5.37. The van der Waals surface area contributed by atoms with Crippen LogP contribution in [-0.4, -0.2) is 45.9 Å². The smallest absolute Gasteiger partial charge is 0.410 e. The Morgan fingerprint density at radius 1 is 1.20 bits per heavy atom. The number of ether oxygens (including phenoxy) is 1. The first kappa shape index (κ1) is 18.2. The summed E-state index contributed by atoms with van der Waals surface area (Å²) in [5.74, 6) is 0.829. The van der Waals surface area contributed by atoms with E-state index in [1.54, 1.807) is 4.90 Å². The van der Waals surface area contributed by atoms with Crippen LogP contribution in [0.4, 0.5) is 10.6 Å². The number of fused-ring (bicyclic) bond motifs is 1. The molecule has 1 saturated heterocycles. The second-order valence-corrected chi connectivity index (χ2v) is 8.27. The van der Waals surface area contributed by atoms with Crippen molar-refractivity contribution in [2.24, 2.45) is 0 Å². The molecule has 0 saturated carbocycles. The SMILES string of the molecule is CC(C)(C)OC(=O)N1CCCC(Nc2nnc(Cl)c3c2CCCC3)C1. The van der Waals surface area contributed by atoms with Gasteiger partial charge in [0.2, 0.25) is 0 Å². The number of nitrogens with one attached hydrogen (secondary N) is 1. The molecule has 0 bridgehead atoms. The van der Waals surface area contributed by atoms with Crippen molar-refractivity contribution in [3.63, 3.8) is 0 Å². The molecule has 1 fully saturated rings. The molecule has 1 atom stereocenters. The summed E-state index contributed by atoms with van der Waals surface area (Å²) in [5, 5.41) is 12.4. The Balaban J connectivity index is 1.68. The average Bonchev–Trinajstić information content (AvgIpc) is 2.56. The summed E-state index contributed by atoms with van der Waals surface area (Å²) in [6.45, 7) is 7.02. The van der Waals surface area contributed by atoms with Gasteiger partial charge in [-0.25, -0.2) is 4.79 Å². The van der Waals surface area contributed by atoms with E-state index in [0.29, 0.717) is 11.7 Å². The van der Waals surface area contributed by atoms with Gasteiger partial charge in [0.05, 0.1) is 0 Å². The van der Waals surface area contributed by atoms with Crippen molar-refractivity contribution in [1.82, 2.24) is 15.1 Å². The molecule has 1 aliphatic carbocycles. The van der Waals surface area contributed by atoms with Crippen molar-refractivity contribution >= 4 is 23.5 Å². The lowest BCUT2D eigenvalue weighted by Gasteiger charge is -2.35. The Hall–Kier alpha value is -1.56. The minimum absolute atomic E-state index is 0.155. The van der Waals surface area contributed by atoms with Gasteiger partial charge in [-0.3, -0.25) is 0 Å². The molecule has 25 heavy (non-hydrogen) atoms. The van der Waals surface area contributed by atoms with Gasteiger partial charge in [-0.15, -0.1) is 10.2 Å². The third kappa shape index (κ3) is 4.54. The summed E-state index contributed by atoms with van der Waals surface area (Å²) in [6.07, 6.45) is 5.94. The zero-order valence-corrected chi connectivity index (χ0v) is 16.0. The highest BCUT2D eigenvalue weighted by Crippen LogP contribution is 2.31. The highest BCUT2D eigenvalue weighted by molar-refractivity contribution is 6.30. The fourth-order valence-electron chi connectivity index (χ4n) is 3.51. The monoisotopic (exact) mass is 366 g/mol. The second kappa shape index (κ2) is 7.36. The van der Waals surface area contributed by atoms with E-state index in [1.807, 2.05) is 20.8 Å². The van der Waals surface area contributed by atoms with Crippen LogP contribution in [0, 0.1) is 0 Å². The molecule has 6 nitrogen and oxygen atoms in total. The molecule has 0 aromatic carbocycles. The number of halogens is 1. The summed E-state index contributed by atoms with van der Waals surface area (Å²) in [7, 11) is 0. The standard InChI is InChI=1S/C18H27ClN4O2/c1-18(2,3)25-17(24)23-10-6-7-12(11-23)20-16-14-9-5-4-8-13(14)15(19)21-22-16/h12H,4-11H2,1-3H3,(H,20,22). The first-order valence-corrected chi connectivity index (χ1v) is 9.49. The number of hydrogen-bond donors (Lipinski definition) is 1. The van der Waals surface area contributed by atoms with E-state index in [1.165, 1.54) is 5.56 Å². The molecule has 1 aromatic rings. The van der Waals surface area contributed by atoms with Gasteiger partial charge >= 0.3 is 6.09 Å². The highest BCUT2D eigenvalue weighted by atomic mass is 35.5. The molecule has 2 heterocycles. The third-order valence-electron chi connectivity index (χ3n) is 4.65. The number of piperidine rings is 1. The number of nitrogens with zero attached hydrogens (tertiary/aromatic N) is 3. The molecular formula is C18H27ClN4O2. The number of rotatable bonds is 2. The maximum atomic E-state index is 12.3. The average molecular weight is 367 g/mol. The Bertz CT molecular complexity index is 645. The van der Waals surface area contributed by atoms with Crippen LogP contribution in [0.25, 0.3) is 0 Å². The maximum absolute atomic E-state index is 12.3. The van der Waals surface area contributed by atoms with Crippen LogP contribution in [0.15, 0.2) is 0 Å². The number of anilines is 1. The van der Waals surface area contributed by atoms with E-state index in [9.17, 15) is 4.79 Å². The molecule has 3 rings (SSSR count). The van der Waals surface area contributed by atoms with E-state index in [-0.39, 0.29) is 12.1 Å². The predicted octanol–water partition coefficient (Wildman–Crippen LogP) is 3.82. The lowest BCUT2D eigenvalue weighted by molar-refractivity contribution is 0.0206. The van der Waals surface area contributed by atoms with Crippen LogP contribution in [0.3, 0.4) is 0 Å². The van der Waals surface area contributed by atoms with Crippen molar-refractivity contribution in [3.05, 3.63) is 16.3 Å². The lowest BCUT2D eigenvalue weighted by Crippen LogP contribution is -2.47. The zero-order chi connectivity index (χ0) is 18.0. The van der Waals surface area contributed by atoms with E-state index in [0.717, 1.165) is 56.5 Å². The Morgan fingerprint density at radius 2 is 1.92 bits per heavy atom. The van der Waals surface area contributed by atoms with Gasteiger partial charge in [-0.2, -0.15) is 0 Å². The molecule has 2 aliphatic rings. The van der Waals surface area contributed by atoms with Gasteiger partial charge in [-0.05, 0) is 64.9 Å². The van der Waals surface area contributed by atoms with Crippen LogP contribution in [0.1, 0.15) is 57.6 Å². The number of carbonyl (C=O) groups excluding carboxylic acids is 1. The number of hydrogen-bond acceptors (Lipinski definition) is 5. The van der Waals surface area contributed by atoms with Crippen LogP contribution < -0.4 is 5.32 Å². The molecule has 1 amide bonds. The van der Waals surface area contributed by atoms with E-state index >= 15 is 0 Å². The van der Waals surface area contributed by atoms with Gasteiger partial charge in [0.15, 0.2) is 11.0 Å². The van der Waals surface area contributed by atoms with Crippen LogP contribution in [0.2, 0.25) is 5.15 Å². The lowest BCUT2D eigenvalue weighted by atomic mass is 9.93. The van der Waals surface area contributed by atoms with Gasteiger partial charge in [0.1, 0.15) is 5.60 Å².